The predicted octanol–water partition coefficient (Wildman–Crippen LogP) is 4.12. The van der Waals surface area contributed by atoms with Gasteiger partial charge < -0.3 is 20.3 Å². The zero-order chi connectivity index (χ0) is 20.5. The van der Waals surface area contributed by atoms with Gasteiger partial charge in [0, 0.05) is 11.8 Å². The van der Waals surface area contributed by atoms with Gasteiger partial charge in [-0.25, -0.2) is 0 Å². The van der Waals surface area contributed by atoms with Crippen molar-refractivity contribution in [3.8, 4) is 5.75 Å². The van der Waals surface area contributed by atoms with E-state index >= 15 is 0 Å². The molecule has 2 aromatic carbocycles. The highest BCUT2D eigenvalue weighted by atomic mass is 32.2. The maximum absolute atomic E-state index is 8.92. The lowest BCUT2D eigenvalue weighted by atomic mass is 9.85. The normalized spacial score (nSPS) is 14.3. The number of ether oxygens (including phenoxy) is 2. The fourth-order valence-electron chi connectivity index (χ4n) is 3.29. The Morgan fingerprint density at radius 2 is 1.76 bits per heavy atom. The van der Waals surface area contributed by atoms with Crippen LogP contribution in [0.4, 0.5) is 0 Å². The van der Waals surface area contributed by atoms with Crippen LogP contribution in [-0.2, 0) is 9.48 Å². The molecule has 2 atom stereocenters. The van der Waals surface area contributed by atoms with Crippen molar-refractivity contribution in [2.24, 2.45) is 5.73 Å². The molecule has 1 heterocycles. The van der Waals surface area contributed by atoms with E-state index in [0.717, 1.165) is 5.75 Å². The summed E-state index contributed by atoms with van der Waals surface area (Å²) in [7, 11) is 1.68. The lowest BCUT2D eigenvalue weighted by Crippen LogP contribution is -2.33. The molecule has 0 aliphatic heterocycles. The molecule has 3 rings (SSSR count). The Kier molecular flexibility index (Phi) is 8.15. The summed E-state index contributed by atoms with van der Waals surface area (Å²) in [6.07, 6.45) is 0. The second kappa shape index (κ2) is 10.8. The smallest absolute Gasteiger partial charge is 0.118 e. The van der Waals surface area contributed by atoms with Crippen LogP contribution in [0.5, 0.6) is 5.75 Å². The summed E-state index contributed by atoms with van der Waals surface area (Å²) in [6.45, 7) is 0.741. The Hall–Kier alpha value is -1.83. The van der Waals surface area contributed by atoms with E-state index in [0.29, 0.717) is 19.0 Å². The molecular formula is C23H27NO3S2. The average Bonchev–Trinajstić information content (AvgIpc) is 3.31. The van der Waals surface area contributed by atoms with Crippen LogP contribution >= 0.6 is 23.1 Å². The second-order valence-electron chi connectivity index (χ2n) is 6.66. The lowest BCUT2D eigenvalue weighted by Gasteiger charge is -2.35. The quantitative estimate of drug-likeness (QED) is 0.449. The van der Waals surface area contributed by atoms with Crippen molar-refractivity contribution in [1.82, 2.24) is 0 Å². The summed E-state index contributed by atoms with van der Waals surface area (Å²) < 4.78 is 10.4. The van der Waals surface area contributed by atoms with E-state index in [1.807, 2.05) is 30.0 Å². The van der Waals surface area contributed by atoms with Gasteiger partial charge in [-0.05, 0) is 45.6 Å². The van der Waals surface area contributed by atoms with Gasteiger partial charge in [0.25, 0.3) is 0 Å². The van der Waals surface area contributed by atoms with Gasteiger partial charge >= 0.3 is 0 Å². The molecule has 3 aromatic rings. The highest BCUT2D eigenvalue weighted by molar-refractivity contribution is 8.00. The number of aliphatic hydroxyl groups excluding tert-OH is 1. The second-order valence-corrected chi connectivity index (χ2v) is 8.67. The molecule has 0 amide bonds. The largest absolute Gasteiger partial charge is 0.497 e. The van der Waals surface area contributed by atoms with Gasteiger partial charge in [0.1, 0.15) is 5.75 Å². The molecule has 3 N–H and O–H groups in total. The monoisotopic (exact) mass is 429 g/mol. The molecule has 6 heteroatoms. The fourth-order valence-corrected chi connectivity index (χ4v) is 5.53. The van der Waals surface area contributed by atoms with Crippen molar-refractivity contribution in [2.45, 2.75) is 10.8 Å². The molecule has 0 fully saturated rings. The first kappa shape index (κ1) is 21.9. The number of methoxy groups -OCH3 is 1. The van der Waals surface area contributed by atoms with Crippen LogP contribution in [0.3, 0.4) is 0 Å². The minimum Gasteiger partial charge on any atom is -0.497 e. The summed E-state index contributed by atoms with van der Waals surface area (Å²) in [4.78, 5) is 0. The number of aliphatic hydroxyl groups is 1. The van der Waals surface area contributed by atoms with Gasteiger partial charge in [0.15, 0.2) is 0 Å². The van der Waals surface area contributed by atoms with Crippen LogP contribution in [0, 0.1) is 0 Å². The predicted molar refractivity (Wildman–Crippen MR) is 122 cm³/mol. The lowest BCUT2D eigenvalue weighted by molar-refractivity contribution is 0.0864. The van der Waals surface area contributed by atoms with Gasteiger partial charge in [-0.2, -0.15) is 11.3 Å². The third-order valence-electron chi connectivity index (χ3n) is 4.69. The van der Waals surface area contributed by atoms with Gasteiger partial charge in [-0.15, -0.1) is 11.8 Å². The Morgan fingerprint density at radius 3 is 2.38 bits per heavy atom. The molecule has 0 spiro atoms. The number of rotatable bonds is 11. The number of nitrogens with two attached hydrogens (primary N) is 1. The fraction of sp³-hybridized carbons (Fsp3) is 0.304. The van der Waals surface area contributed by atoms with Crippen molar-refractivity contribution < 1.29 is 14.6 Å². The van der Waals surface area contributed by atoms with Crippen molar-refractivity contribution in [2.75, 3.05) is 32.7 Å². The van der Waals surface area contributed by atoms with Crippen molar-refractivity contribution >= 4 is 23.1 Å². The highest BCUT2D eigenvalue weighted by Gasteiger charge is 2.37. The number of hydrogen-bond donors (Lipinski definition) is 2. The summed E-state index contributed by atoms with van der Waals surface area (Å²) in [5.41, 5.74) is 9.94. The van der Waals surface area contributed by atoms with Crippen molar-refractivity contribution in [1.29, 1.82) is 0 Å². The Morgan fingerprint density at radius 1 is 1.03 bits per heavy atom. The van der Waals surface area contributed by atoms with E-state index in [2.05, 4.69) is 53.2 Å². The van der Waals surface area contributed by atoms with Gasteiger partial charge in [0.2, 0.25) is 0 Å². The number of hydrogen-bond acceptors (Lipinski definition) is 6. The Bertz CT molecular complexity index is 840. The molecule has 0 aliphatic carbocycles. The first-order valence-electron chi connectivity index (χ1n) is 9.51. The minimum absolute atomic E-state index is 0.00850. The van der Waals surface area contributed by atoms with E-state index in [4.69, 9.17) is 20.3 Å². The molecule has 154 valence electrons. The summed E-state index contributed by atoms with van der Waals surface area (Å²) in [5.74, 6) is 1.54. The SMILES string of the molecule is COc1ccc(C(SC[C@H](N)COCCO)(c2ccccc2)c2ccsc2)cc1. The third kappa shape index (κ3) is 5.21. The maximum atomic E-state index is 8.92. The van der Waals surface area contributed by atoms with Crippen molar-refractivity contribution in [3.05, 3.63) is 88.1 Å². The van der Waals surface area contributed by atoms with Crippen LogP contribution in [0.2, 0.25) is 0 Å². The summed E-state index contributed by atoms with van der Waals surface area (Å²) >= 11 is 3.50. The first-order chi connectivity index (χ1) is 14.2. The molecule has 0 saturated carbocycles. The van der Waals surface area contributed by atoms with Gasteiger partial charge in [-0.3, -0.25) is 0 Å². The van der Waals surface area contributed by atoms with Crippen LogP contribution in [-0.4, -0.2) is 43.8 Å². The van der Waals surface area contributed by atoms with Crippen LogP contribution in [0.1, 0.15) is 16.7 Å². The maximum Gasteiger partial charge on any atom is 0.118 e. The number of benzene rings is 2. The average molecular weight is 430 g/mol. The van der Waals surface area contributed by atoms with E-state index in [9.17, 15) is 0 Å². The third-order valence-corrected chi connectivity index (χ3v) is 7.10. The Labute approximate surface area is 180 Å². The molecule has 29 heavy (non-hydrogen) atoms. The van der Waals surface area contributed by atoms with Crippen molar-refractivity contribution in [3.63, 3.8) is 0 Å². The zero-order valence-corrected chi connectivity index (χ0v) is 18.1. The molecule has 0 radical (unpaired) electrons. The van der Waals surface area contributed by atoms with Crippen LogP contribution < -0.4 is 10.5 Å². The van der Waals surface area contributed by atoms with Crippen LogP contribution in [0.15, 0.2) is 71.4 Å². The minimum atomic E-state index is -0.387. The summed E-state index contributed by atoms with van der Waals surface area (Å²) in [6, 6.07) is 20.8. The number of thiophene rings is 1. The molecule has 0 saturated heterocycles. The standard InChI is InChI=1S/C23H27NO3S2/c1-26-22-9-7-19(8-10-22)23(20-11-14-28-16-20,18-5-3-2-4-6-18)29-17-21(24)15-27-13-12-25/h2-11,14,16,21,25H,12-13,15,17,24H2,1H3/t21-,23?/m1/s1. The zero-order valence-electron chi connectivity index (χ0n) is 16.5. The molecule has 0 aliphatic rings. The molecular weight excluding hydrogens is 402 g/mol. The molecule has 0 bridgehead atoms. The molecule has 1 aromatic heterocycles. The van der Waals surface area contributed by atoms with E-state index in [1.54, 1.807) is 18.4 Å². The van der Waals surface area contributed by atoms with E-state index in [-0.39, 0.29) is 17.4 Å². The van der Waals surface area contributed by atoms with Gasteiger partial charge in [0.05, 0.1) is 31.7 Å². The number of thioether (sulfide) groups is 1. The summed E-state index contributed by atoms with van der Waals surface area (Å²) in [5, 5.41) is 13.2. The van der Waals surface area contributed by atoms with E-state index < -0.39 is 0 Å². The molecule has 1 unspecified atom stereocenters. The molecule has 4 nitrogen and oxygen atoms in total. The Balaban J connectivity index is 2.00. The van der Waals surface area contributed by atoms with E-state index in [1.165, 1.54) is 16.7 Å². The topological polar surface area (TPSA) is 64.7 Å². The van der Waals surface area contributed by atoms with Gasteiger partial charge in [-0.1, -0.05) is 42.5 Å². The van der Waals surface area contributed by atoms with Crippen LogP contribution in [0.25, 0.3) is 0 Å². The first-order valence-corrected chi connectivity index (χ1v) is 11.4. The highest BCUT2D eigenvalue weighted by Crippen LogP contribution is 2.49.